The first kappa shape index (κ1) is 11.2. The van der Waals surface area contributed by atoms with E-state index >= 15 is 0 Å². The lowest BCUT2D eigenvalue weighted by Gasteiger charge is -2.09. The summed E-state index contributed by atoms with van der Waals surface area (Å²) in [5, 5.41) is 2.75. The zero-order valence-electron chi connectivity index (χ0n) is 8.75. The minimum atomic E-state index is -0.174. The van der Waals surface area contributed by atoms with Gasteiger partial charge in [0, 0.05) is 23.0 Å². The molecule has 4 heteroatoms. The molecule has 0 spiro atoms. The number of amides is 1. The summed E-state index contributed by atoms with van der Waals surface area (Å²) in [7, 11) is 0. The van der Waals surface area contributed by atoms with E-state index in [-0.39, 0.29) is 5.91 Å². The zero-order valence-corrected chi connectivity index (χ0v) is 10.3. The number of hydrogen-bond donors (Lipinski definition) is 1. The Hall–Kier alpha value is -1.29. The predicted octanol–water partition coefficient (Wildman–Crippen LogP) is 2.19. The van der Waals surface area contributed by atoms with Gasteiger partial charge in [-0.25, -0.2) is 0 Å². The molecule has 0 radical (unpaired) electrons. The molecule has 0 bridgehead atoms. The molecule has 0 unspecified atom stereocenters. The number of carbonyl (C=O) groups excluding carboxylic acids is 1. The van der Waals surface area contributed by atoms with Crippen molar-refractivity contribution in [1.29, 1.82) is 0 Å². The van der Waals surface area contributed by atoms with Crippen molar-refractivity contribution in [1.82, 2.24) is 5.32 Å². The molecule has 84 valence electrons. The molecule has 0 fully saturated rings. The number of nitrogens with one attached hydrogen (secondary N) is 1. The van der Waals surface area contributed by atoms with Crippen LogP contribution in [0.25, 0.3) is 0 Å². The number of hydrogen-bond acceptors (Lipinski definition) is 2. The topological polar surface area (TPSA) is 38.3 Å². The third kappa shape index (κ3) is 2.27. The van der Waals surface area contributed by atoms with Crippen molar-refractivity contribution in [3.05, 3.63) is 40.4 Å². The predicted molar refractivity (Wildman–Crippen MR) is 65.4 cm³/mol. The lowest BCUT2D eigenvalue weighted by Crippen LogP contribution is -2.20. The fourth-order valence-electron chi connectivity index (χ4n) is 1.73. The maximum Gasteiger partial charge on any atom is 0.243 e. The molecule has 1 heterocycles. The van der Waals surface area contributed by atoms with Crippen LogP contribution in [0, 0.1) is 0 Å². The molecule has 0 aliphatic carbocycles. The largest absolute Gasteiger partial charge is 0.493 e. The molecule has 1 aliphatic heterocycles. The summed E-state index contributed by atoms with van der Waals surface area (Å²) >= 11 is 3.45. The molecular weight excluding hydrogens is 270 g/mol. The third-order valence-corrected chi connectivity index (χ3v) is 2.92. The van der Waals surface area contributed by atoms with Gasteiger partial charge in [-0.15, -0.1) is 0 Å². The third-order valence-electron chi connectivity index (χ3n) is 2.46. The number of halogens is 1. The second-order valence-electron chi connectivity index (χ2n) is 3.57. The first-order valence-electron chi connectivity index (χ1n) is 5.05. The maximum atomic E-state index is 11.1. The van der Waals surface area contributed by atoms with Gasteiger partial charge in [0.15, 0.2) is 0 Å². The van der Waals surface area contributed by atoms with E-state index < -0.39 is 0 Å². The van der Waals surface area contributed by atoms with E-state index in [1.807, 2.05) is 6.07 Å². The number of benzene rings is 1. The van der Waals surface area contributed by atoms with E-state index in [4.69, 9.17) is 4.74 Å². The Balaban J connectivity index is 2.20. The summed E-state index contributed by atoms with van der Waals surface area (Å²) in [4.78, 5) is 11.1. The molecule has 3 nitrogen and oxygen atoms in total. The van der Waals surface area contributed by atoms with Gasteiger partial charge in [-0.3, -0.25) is 4.79 Å². The normalized spacial score (nSPS) is 12.8. The molecule has 1 aliphatic rings. The first-order chi connectivity index (χ1) is 7.70. The summed E-state index contributed by atoms with van der Waals surface area (Å²) in [6.07, 6.45) is 2.19. The van der Waals surface area contributed by atoms with Crippen molar-refractivity contribution in [3.8, 4) is 5.75 Å². The second-order valence-corrected chi connectivity index (χ2v) is 4.49. The summed E-state index contributed by atoms with van der Waals surface area (Å²) in [6.45, 7) is 4.59. The van der Waals surface area contributed by atoms with Crippen LogP contribution in [-0.2, 0) is 17.8 Å². The van der Waals surface area contributed by atoms with Gasteiger partial charge in [0.25, 0.3) is 0 Å². The highest BCUT2D eigenvalue weighted by atomic mass is 79.9. The minimum Gasteiger partial charge on any atom is -0.493 e. The smallest absolute Gasteiger partial charge is 0.243 e. The summed E-state index contributed by atoms with van der Waals surface area (Å²) in [5.41, 5.74) is 2.19. The second kappa shape index (κ2) is 4.70. The first-order valence-corrected chi connectivity index (χ1v) is 5.84. The van der Waals surface area contributed by atoms with Crippen LogP contribution in [0.2, 0.25) is 0 Å². The molecule has 0 saturated carbocycles. The van der Waals surface area contributed by atoms with Crippen LogP contribution in [0.5, 0.6) is 5.75 Å². The van der Waals surface area contributed by atoms with Gasteiger partial charge in [-0.1, -0.05) is 22.5 Å². The van der Waals surface area contributed by atoms with Gasteiger partial charge in [0.1, 0.15) is 5.75 Å². The Morgan fingerprint density at radius 2 is 2.44 bits per heavy atom. The van der Waals surface area contributed by atoms with Gasteiger partial charge in [-0.05, 0) is 23.8 Å². The molecule has 16 heavy (non-hydrogen) atoms. The summed E-state index contributed by atoms with van der Waals surface area (Å²) in [5.74, 6) is 0.735. The van der Waals surface area contributed by atoms with Gasteiger partial charge >= 0.3 is 0 Å². The van der Waals surface area contributed by atoms with Crippen molar-refractivity contribution in [2.24, 2.45) is 0 Å². The van der Waals surface area contributed by atoms with E-state index in [0.29, 0.717) is 13.2 Å². The van der Waals surface area contributed by atoms with E-state index in [0.717, 1.165) is 22.2 Å². The molecule has 1 aromatic rings. The molecule has 1 aromatic carbocycles. The summed E-state index contributed by atoms with van der Waals surface area (Å²) in [6, 6.07) is 4.02. The van der Waals surface area contributed by atoms with E-state index in [9.17, 15) is 4.79 Å². The van der Waals surface area contributed by atoms with Gasteiger partial charge < -0.3 is 10.1 Å². The Morgan fingerprint density at radius 3 is 3.19 bits per heavy atom. The van der Waals surface area contributed by atoms with Crippen LogP contribution in [0.15, 0.2) is 29.3 Å². The van der Waals surface area contributed by atoms with Crippen molar-refractivity contribution in [3.63, 3.8) is 0 Å². The Labute approximate surface area is 103 Å². The fourth-order valence-corrected chi connectivity index (χ4v) is 2.28. The zero-order chi connectivity index (χ0) is 11.5. The number of ether oxygens (including phenoxy) is 1. The monoisotopic (exact) mass is 281 g/mol. The average molecular weight is 282 g/mol. The average Bonchev–Trinajstić information content (AvgIpc) is 2.73. The van der Waals surface area contributed by atoms with Gasteiger partial charge in [-0.2, -0.15) is 0 Å². The highest BCUT2D eigenvalue weighted by molar-refractivity contribution is 9.10. The van der Waals surface area contributed by atoms with Crippen molar-refractivity contribution < 1.29 is 9.53 Å². The van der Waals surface area contributed by atoms with Crippen LogP contribution >= 0.6 is 15.9 Å². The Kier molecular flexibility index (Phi) is 3.29. The molecular formula is C12H12BrNO2. The van der Waals surface area contributed by atoms with Crippen LogP contribution < -0.4 is 10.1 Å². The maximum absolute atomic E-state index is 11.1. The lowest BCUT2D eigenvalue weighted by atomic mass is 10.1. The van der Waals surface area contributed by atoms with Crippen molar-refractivity contribution in [2.75, 3.05) is 6.61 Å². The van der Waals surface area contributed by atoms with Crippen molar-refractivity contribution >= 4 is 21.8 Å². The number of rotatable bonds is 3. The highest BCUT2D eigenvalue weighted by Gasteiger charge is 2.17. The molecule has 2 rings (SSSR count). The molecule has 0 atom stereocenters. The summed E-state index contributed by atoms with van der Waals surface area (Å²) < 4.78 is 6.57. The lowest BCUT2D eigenvalue weighted by molar-refractivity contribution is -0.116. The number of carbonyl (C=O) groups is 1. The van der Waals surface area contributed by atoms with Gasteiger partial charge in [0.2, 0.25) is 5.91 Å². The Morgan fingerprint density at radius 1 is 1.62 bits per heavy atom. The molecule has 0 saturated heterocycles. The van der Waals surface area contributed by atoms with Crippen LogP contribution in [-0.4, -0.2) is 12.5 Å². The van der Waals surface area contributed by atoms with Crippen molar-refractivity contribution in [2.45, 2.75) is 13.0 Å². The molecule has 0 aromatic heterocycles. The molecule has 1 N–H and O–H groups in total. The number of fused-ring (bicyclic) bond motifs is 1. The Bertz CT molecular complexity index is 443. The van der Waals surface area contributed by atoms with Crippen LogP contribution in [0.4, 0.5) is 0 Å². The standard InChI is InChI=1S/C12H12BrNO2/c1-2-11(15)14-7-9-6-10(13)5-8-3-4-16-12(8)9/h2,5-6H,1,3-4,7H2,(H,14,15). The SMILES string of the molecule is C=CC(=O)NCc1cc(Br)cc2c1OCC2. The quantitative estimate of drug-likeness (QED) is 0.863. The van der Waals surface area contributed by atoms with Gasteiger partial charge in [0.05, 0.1) is 6.61 Å². The molecule has 1 amide bonds. The van der Waals surface area contributed by atoms with E-state index in [1.54, 1.807) is 0 Å². The minimum absolute atomic E-state index is 0.174. The van der Waals surface area contributed by atoms with Crippen LogP contribution in [0.3, 0.4) is 0 Å². The fraction of sp³-hybridized carbons (Fsp3) is 0.250. The van der Waals surface area contributed by atoms with Crippen LogP contribution in [0.1, 0.15) is 11.1 Å². The van der Waals surface area contributed by atoms with E-state index in [2.05, 4.69) is 33.9 Å². The van der Waals surface area contributed by atoms with E-state index in [1.165, 1.54) is 11.6 Å². The highest BCUT2D eigenvalue weighted by Crippen LogP contribution is 2.32.